The van der Waals surface area contributed by atoms with Crippen LogP contribution in [0.3, 0.4) is 0 Å². The number of nitro benzene ring substituents is 1. The lowest BCUT2D eigenvalue weighted by molar-refractivity contribution is -0.385. The Hall–Kier alpha value is -2.15. The molecule has 1 heterocycles. The minimum Gasteiger partial charge on any atom is -0.502 e. The Kier molecular flexibility index (Phi) is 5.92. The molecule has 1 amide bonds. The number of nitro groups is 1. The van der Waals surface area contributed by atoms with Crippen molar-refractivity contribution in [2.75, 3.05) is 19.7 Å². The van der Waals surface area contributed by atoms with E-state index in [0.29, 0.717) is 13.1 Å². The molecule has 1 aromatic carbocycles. The van der Waals surface area contributed by atoms with E-state index in [4.69, 9.17) is 4.74 Å². The van der Waals surface area contributed by atoms with Crippen molar-refractivity contribution in [1.82, 2.24) is 4.90 Å². The van der Waals surface area contributed by atoms with Gasteiger partial charge in [0.25, 0.3) is 5.91 Å². The molecule has 1 aliphatic heterocycles. The van der Waals surface area contributed by atoms with Crippen molar-refractivity contribution < 1.29 is 19.6 Å². The van der Waals surface area contributed by atoms with Gasteiger partial charge in [-0.15, -0.1) is 0 Å². The highest BCUT2D eigenvalue weighted by Gasteiger charge is 2.23. The van der Waals surface area contributed by atoms with Gasteiger partial charge >= 0.3 is 5.69 Å². The third-order valence-corrected chi connectivity index (χ3v) is 3.90. The average Bonchev–Trinajstić information content (AvgIpc) is 2.54. The minimum absolute atomic E-state index is 0.0332. The van der Waals surface area contributed by atoms with Crippen LogP contribution in [0.15, 0.2) is 18.2 Å². The van der Waals surface area contributed by atoms with Gasteiger partial charge in [-0.2, -0.15) is 0 Å². The third-order valence-electron chi connectivity index (χ3n) is 3.90. The molecule has 7 heteroatoms. The van der Waals surface area contributed by atoms with Gasteiger partial charge in [-0.25, -0.2) is 0 Å². The lowest BCUT2D eigenvalue weighted by atomic mass is 10.1. The van der Waals surface area contributed by atoms with E-state index >= 15 is 0 Å². The first-order chi connectivity index (χ1) is 11.0. The van der Waals surface area contributed by atoms with Gasteiger partial charge in [-0.3, -0.25) is 14.9 Å². The van der Waals surface area contributed by atoms with Crippen molar-refractivity contribution in [3.8, 4) is 5.75 Å². The number of amides is 1. The van der Waals surface area contributed by atoms with E-state index in [9.17, 15) is 20.0 Å². The second-order valence-electron chi connectivity index (χ2n) is 5.70. The normalized spacial score (nSPS) is 17.7. The number of phenols is 1. The van der Waals surface area contributed by atoms with Gasteiger partial charge in [0.05, 0.1) is 11.0 Å². The lowest BCUT2D eigenvalue weighted by Crippen LogP contribution is -2.40. The van der Waals surface area contributed by atoms with E-state index in [1.165, 1.54) is 6.07 Å². The predicted octanol–water partition coefficient (Wildman–Crippen LogP) is 2.72. The van der Waals surface area contributed by atoms with Crippen molar-refractivity contribution in [3.63, 3.8) is 0 Å². The highest BCUT2D eigenvalue weighted by Crippen LogP contribution is 2.27. The molecule has 0 aliphatic carbocycles. The van der Waals surface area contributed by atoms with E-state index < -0.39 is 16.4 Å². The number of aromatic hydroxyl groups is 1. The van der Waals surface area contributed by atoms with Crippen LogP contribution in [0, 0.1) is 10.1 Å². The largest absolute Gasteiger partial charge is 0.502 e. The first-order valence-corrected chi connectivity index (χ1v) is 7.91. The molecule has 1 saturated heterocycles. The van der Waals surface area contributed by atoms with Crippen LogP contribution in [-0.4, -0.2) is 46.6 Å². The number of carbonyl (C=O) groups is 1. The van der Waals surface area contributed by atoms with Crippen LogP contribution in [0.1, 0.15) is 43.0 Å². The van der Waals surface area contributed by atoms with Crippen LogP contribution in [0.2, 0.25) is 0 Å². The van der Waals surface area contributed by atoms with Crippen LogP contribution >= 0.6 is 0 Å². The van der Waals surface area contributed by atoms with Gasteiger partial charge in [0, 0.05) is 31.3 Å². The number of benzene rings is 1. The van der Waals surface area contributed by atoms with Crippen LogP contribution in [0.25, 0.3) is 0 Å². The Balaban J connectivity index is 2.13. The zero-order chi connectivity index (χ0) is 16.8. The summed E-state index contributed by atoms with van der Waals surface area (Å²) in [6.07, 6.45) is 3.91. The number of carbonyl (C=O) groups excluding carboxylic acids is 1. The molecule has 0 unspecified atom stereocenters. The fourth-order valence-electron chi connectivity index (χ4n) is 2.74. The zero-order valence-corrected chi connectivity index (χ0v) is 13.2. The highest BCUT2D eigenvalue weighted by atomic mass is 16.6. The Bertz CT molecular complexity index is 570. The molecule has 1 atom stereocenters. The molecule has 0 saturated carbocycles. The fourth-order valence-corrected chi connectivity index (χ4v) is 2.74. The Morgan fingerprint density at radius 1 is 1.48 bits per heavy atom. The number of hydrogen-bond donors (Lipinski definition) is 1. The van der Waals surface area contributed by atoms with Gasteiger partial charge in [0.1, 0.15) is 0 Å². The zero-order valence-electron chi connectivity index (χ0n) is 13.2. The Labute approximate surface area is 135 Å². The molecule has 1 N–H and O–H groups in total. The van der Waals surface area contributed by atoms with E-state index in [1.807, 2.05) is 6.92 Å². The molecule has 7 nitrogen and oxygen atoms in total. The molecule has 2 rings (SSSR count). The van der Waals surface area contributed by atoms with E-state index in [-0.39, 0.29) is 17.6 Å². The Morgan fingerprint density at radius 3 is 2.83 bits per heavy atom. The molecule has 0 radical (unpaired) electrons. The average molecular weight is 322 g/mol. The van der Waals surface area contributed by atoms with Gasteiger partial charge in [-0.05, 0) is 37.8 Å². The number of phenolic OH excluding ortho intramolecular Hbond substituents is 1. The Morgan fingerprint density at radius 2 is 2.26 bits per heavy atom. The van der Waals surface area contributed by atoms with Crippen LogP contribution < -0.4 is 0 Å². The summed E-state index contributed by atoms with van der Waals surface area (Å²) in [4.78, 5) is 24.4. The molecule has 0 aromatic heterocycles. The third kappa shape index (κ3) is 4.41. The molecule has 1 fully saturated rings. The maximum atomic E-state index is 12.6. The topological polar surface area (TPSA) is 92.9 Å². The first kappa shape index (κ1) is 17.2. The molecule has 126 valence electrons. The predicted molar refractivity (Wildman–Crippen MR) is 84.5 cm³/mol. The number of nitrogens with zero attached hydrogens (tertiary/aromatic N) is 2. The second-order valence-corrected chi connectivity index (χ2v) is 5.70. The van der Waals surface area contributed by atoms with Crippen molar-refractivity contribution in [1.29, 1.82) is 0 Å². The molecule has 0 bridgehead atoms. The maximum absolute atomic E-state index is 12.6. The van der Waals surface area contributed by atoms with Crippen LogP contribution in [0.5, 0.6) is 5.75 Å². The van der Waals surface area contributed by atoms with E-state index in [1.54, 1.807) is 4.90 Å². The van der Waals surface area contributed by atoms with Crippen LogP contribution in [-0.2, 0) is 4.74 Å². The van der Waals surface area contributed by atoms with Gasteiger partial charge in [0.2, 0.25) is 0 Å². The minimum atomic E-state index is -0.677. The number of rotatable bonds is 6. The molecular formula is C16H22N2O5. The summed E-state index contributed by atoms with van der Waals surface area (Å²) in [5.41, 5.74) is -0.156. The lowest BCUT2D eigenvalue weighted by Gasteiger charge is -2.30. The molecular weight excluding hydrogens is 300 g/mol. The van der Waals surface area contributed by atoms with Crippen molar-refractivity contribution >= 4 is 11.6 Å². The monoisotopic (exact) mass is 322 g/mol. The first-order valence-electron chi connectivity index (χ1n) is 7.91. The van der Waals surface area contributed by atoms with Crippen molar-refractivity contribution in [3.05, 3.63) is 33.9 Å². The quantitative estimate of drug-likeness (QED) is 0.642. The summed E-state index contributed by atoms with van der Waals surface area (Å²) >= 11 is 0. The second kappa shape index (κ2) is 7.92. The van der Waals surface area contributed by atoms with Crippen molar-refractivity contribution in [2.24, 2.45) is 0 Å². The molecule has 1 aromatic rings. The van der Waals surface area contributed by atoms with Gasteiger partial charge in [-0.1, -0.05) is 6.92 Å². The molecule has 23 heavy (non-hydrogen) atoms. The summed E-state index contributed by atoms with van der Waals surface area (Å²) in [5, 5.41) is 20.4. The highest BCUT2D eigenvalue weighted by molar-refractivity contribution is 5.95. The smallest absolute Gasteiger partial charge is 0.310 e. The molecule has 1 aliphatic rings. The SMILES string of the molecule is CCCN(C[C@H]1CCCCO1)C(=O)c1ccc([N+](=O)[O-])c(O)c1. The summed E-state index contributed by atoms with van der Waals surface area (Å²) in [6.45, 7) is 3.79. The van der Waals surface area contributed by atoms with E-state index in [0.717, 1.165) is 44.4 Å². The number of hydrogen-bond acceptors (Lipinski definition) is 5. The standard InChI is InChI=1S/C16H22N2O5/c1-2-8-17(11-13-5-3-4-9-23-13)16(20)12-6-7-14(18(21)22)15(19)10-12/h6-7,10,13,19H,2-5,8-9,11H2,1H3/t13-/m1/s1. The van der Waals surface area contributed by atoms with Gasteiger partial charge < -0.3 is 14.7 Å². The fraction of sp³-hybridized carbons (Fsp3) is 0.562. The maximum Gasteiger partial charge on any atom is 0.310 e. The van der Waals surface area contributed by atoms with Gasteiger partial charge in [0.15, 0.2) is 5.75 Å². The van der Waals surface area contributed by atoms with E-state index in [2.05, 4.69) is 0 Å². The molecule has 0 spiro atoms. The van der Waals surface area contributed by atoms with Crippen LogP contribution in [0.4, 0.5) is 5.69 Å². The summed E-state index contributed by atoms with van der Waals surface area (Å²) in [6, 6.07) is 3.69. The number of ether oxygens (including phenoxy) is 1. The summed E-state index contributed by atoms with van der Waals surface area (Å²) in [7, 11) is 0. The van der Waals surface area contributed by atoms with Crippen molar-refractivity contribution in [2.45, 2.75) is 38.7 Å². The summed E-state index contributed by atoms with van der Waals surface area (Å²) in [5.74, 6) is -0.738. The summed E-state index contributed by atoms with van der Waals surface area (Å²) < 4.78 is 5.68.